The highest BCUT2D eigenvalue weighted by Crippen LogP contribution is 2.36. The predicted octanol–water partition coefficient (Wildman–Crippen LogP) is 3.00. The van der Waals surface area contributed by atoms with E-state index in [1.807, 2.05) is 10.3 Å². The van der Waals surface area contributed by atoms with E-state index in [0.717, 1.165) is 19.3 Å². The summed E-state index contributed by atoms with van der Waals surface area (Å²) in [4.78, 5) is 14.1. The lowest BCUT2D eigenvalue weighted by Crippen LogP contribution is -2.33. The van der Waals surface area contributed by atoms with Gasteiger partial charge in [-0.05, 0) is 42.3 Å². The maximum atomic E-state index is 13.1. The van der Waals surface area contributed by atoms with Gasteiger partial charge in [0.25, 0.3) is 5.69 Å². The van der Waals surface area contributed by atoms with Crippen molar-refractivity contribution in [2.45, 2.75) is 30.7 Å². The summed E-state index contributed by atoms with van der Waals surface area (Å²) in [5.74, 6) is 0. The first-order chi connectivity index (χ1) is 12.5. The van der Waals surface area contributed by atoms with Gasteiger partial charge in [0.2, 0.25) is 10.0 Å². The summed E-state index contributed by atoms with van der Waals surface area (Å²) in [7, 11) is -3.75. The third-order valence-electron chi connectivity index (χ3n) is 4.99. The lowest BCUT2D eigenvalue weighted by atomic mass is 10.1. The Morgan fingerprint density at radius 1 is 1.12 bits per heavy atom. The lowest BCUT2D eigenvalue weighted by molar-refractivity contribution is -0.385. The molecule has 9 heteroatoms. The summed E-state index contributed by atoms with van der Waals surface area (Å²) in [5, 5.41) is 13.3. The molecule has 0 atom stereocenters. The number of sulfonamides is 1. The Labute approximate surface area is 156 Å². The first kappa shape index (κ1) is 17.4. The summed E-state index contributed by atoms with van der Waals surface area (Å²) in [6.45, 7) is 2.27. The molecular formula is C17H19N3O4S2. The molecule has 0 radical (unpaired) electrons. The fraction of sp³-hybridized carbons (Fsp3) is 0.412. The highest BCUT2D eigenvalue weighted by molar-refractivity contribution is 7.89. The maximum absolute atomic E-state index is 13.1. The molecule has 2 aliphatic heterocycles. The van der Waals surface area contributed by atoms with Crippen LogP contribution in [-0.2, 0) is 23.0 Å². The smallest absolute Gasteiger partial charge is 0.270 e. The van der Waals surface area contributed by atoms with Crippen molar-refractivity contribution in [3.63, 3.8) is 0 Å². The minimum absolute atomic E-state index is 0.0484. The molecule has 0 saturated carbocycles. The van der Waals surface area contributed by atoms with Crippen molar-refractivity contribution in [2.24, 2.45) is 0 Å². The van der Waals surface area contributed by atoms with Crippen LogP contribution in [0.4, 0.5) is 11.4 Å². The van der Waals surface area contributed by atoms with E-state index in [4.69, 9.17) is 0 Å². The number of hydrogen-bond donors (Lipinski definition) is 0. The number of hydrogen-bond acceptors (Lipinski definition) is 6. The molecule has 2 aliphatic rings. The van der Waals surface area contributed by atoms with Crippen LogP contribution in [0, 0.1) is 10.1 Å². The fourth-order valence-corrected chi connectivity index (χ4v) is 6.24. The summed E-state index contributed by atoms with van der Waals surface area (Å²) in [6, 6.07) is 6.25. The molecule has 26 heavy (non-hydrogen) atoms. The first-order valence-electron chi connectivity index (χ1n) is 8.55. The molecule has 0 N–H and O–H groups in total. The normalized spacial score (nSPS) is 18.1. The molecule has 3 heterocycles. The minimum Gasteiger partial charge on any atom is -0.366 e. The van der Waals surface area contributed by atoms with Crippen molar-refractivity contribution < 1.29 is 13.3 Å². The average molecular weight is 393 g/mol. The van der Waals surface area contributed by atoms with Gasteiger partial charge in [-0.15, -0.1) is 11.3 Å². The average Bonchev–Trinajstić information content (AvgIpc) is 3.32. The molecule has 2 aromatic rings. The fourth-order valence-electron chi connectivity index (χ4n) is 3.61. The zero-order chi connectivity index (χ0) is 18.3. The Kier molecular flexibility index (Phi) is 4.45. The Hall–Kier alpha value is -1.97. The van der Waals surface area contributed by atoms with Crippen LogP contribution in [0.5, 0.6) is 0 Å². The van der Waals surface area contributed by atoms with Crippen LogP contribution >= 0.6 is 11.3 Å². The summed E-state index contributed by atoms with van der Waals surface area (Å²) in [6.07, 6.45) is 2.50. The second kappa shape index (κ2) is 6.64. The number of thiophene rings is 1. The van der Waals surface area contributed by atoms with Gasteiger partial charge in [-0.2, -0.15) is 4.31 Å². The number of fused-ring (bicyclic) bond motifs is 1. The van der Waals surface area contributed by atoms with Gasteiger partial charge in [0, 0.05) is 43.2 Å². The number of non-ortho nitro benzene ring substituents is 1. The Balaban J connectivity index is 1.78. The van der Waals surface area contributed by atoms with Crippen LogP contribution in [0.2, 0.25) is 0 Å². The van der Waals surface area contributed by atoms with E-state index < -0.39 is 14.9 Å². The van der Waals surface area contributed by atoms with E-state index in [2.05, 4.69) is 6.07 Å². The standard InChI is InChI=1S/C17H19N3O4S2/c21-20(22)14-3-4-15(18-9-5-16-13(12-18)6-10-25-16)17(11-14)26(23,24)19-7-1-2-8-19/h3-4,6,10-11H,1-2,5,7-9,12H2. The molecular weight excluding hydrogens is 374 g/mol. The molecule has 0 unspecified atom stereocenters. The molecule has 0 amide bonds. The quantitative estimate of drug-likeness (QED) is 0.589. The van der Waals surface area contributed by atoms with Crippen LogP contribution < -0.4 is 4.90 Å². The van der Waals surface area contributed by atoms with Gasteiger partial charge < -0.3 is 4.90 Å². The van der Waals surface area contributed by atoms with E-state index >= 15 is 0 Å². The maximum Gasteiger partial charge on any atom is 0.270 e. The van der Waals surface area contributed by atoms with Gasteiger partial charge >= 0.3 is 0 Å². The van der Waals surface area contributed by atoms with Crippen LogP contribution in [0.1, 0.15) is 23.3 Å². The summed E-state index contributed by atoms with van der Waals surface area (Å²) >= 11 is 1.72. The number of nitro groups is 1. The molecule has 0 aliphatic carbocycles. The molecule has 1 aromatic carbocycles. The van der Waals surface area contributed by atoms with Gasteiger partial charge in [-0.25, -0.2) is 8.42 Å². The van der Waals surface area contributed by atoms with E-state index in [1.54, 1.807) is 17.4 Å². The SMILES string of the molecule is O=[N+]([O-])c1ccc(N2CCc3sccc3C2)c(S(=O)(=O)N2CCCC2)c1. The highest BCUT2D eigenvalue weighted by Gasteiger charge is 2.33. The van der Waals surface area contributed by atoms with Crippen molar-refractivity contribution in [1.82, 2.24) is 4.31 Å². The molecule has 0 bridgehead atoms. The molecule has 1 aromatic heterocycles. The molecule has 138 valence electrons. The van der Waals surface area contributed by atoms with Gasteiger partial charge in [0.15, 0.2) is 0 Å². The largest absolute Gasteiger partial charge is 0.366 e. The minimum atomic E-state index is -3.75. The number of anilines is 1. The molecule has 7 nitrogen and oxygen atoms in total. The number of nitro benzene ring substituents is 1. The van der Waals surface area contributed by atoms with Crippen LogP contribution in [0.15, 0.2) is 34.5 Å². The van der Waals surface area contributed by atoms with Crippen LogP contribution in [0.3, 0.4) is 0 Å². The van der Waals surface area contributed by atoms with E-state index in [1.165, 1.54) is 26.9 Å². The first-order valence-corrected chi connectivity index (χ1v) is 10.9. The van der Waals surface area contributed by atoms with Crippen molar-refractivity contribution in [1.29, 1.82) is 0 Å². The number of nitrogens with zero attached hydrogens (tertiary/aromatic N) is 3. The van der Waals surface area contributed by atoms with E-state index in [9.17, 15) is 18.5 Å². The van der Waals surface area contributed by atoms with Gasteiger partial charge in [0.05, 0.1) is 10.6 Å². The Bertz CT molecular complexity index is 949. The summed E-state index contributed by atoms with van der Waals surface area (Å²) in [5.41, 5.74) is 1.56. The second-order valence-electron chi connectivity index (χ2n) is 6.56. The molecule has 0 spiro atoms. The Morgan fingerprint density at radius 2 is 1.88 bits per heavy atom. The lowest BCUT2D eigenvalue weighted by Gasteiger charge is -2.31. The second-order valence-corrected chi connectivity index (χ2v) is 9.47. The third-order valence-corrected chi connectivity index (χ3v) is 7.94. The Morgan fingerprint density at radius 3 is 2.62 bits per heavy atom. The van der Waals surface area contributed by atoms with E-state index in [0.29, 0.717) is 31.9 Å². The van der Waals surface area contributed by atoms with Gasteiger partial charge in [-0.3, -0.25) is 10.1 Å². The monoisotopic (exact) mass is 393 g/mol. The van der Waals surface area contributed by atoms with Crippen molar-refractivity contribution >= 4 is 32.7 Å². The molecule has 1 fully saturated rings. The zero-order valence-electron chi connectivity index (χ0n) is 14.1. The number of rotatable bonds is 4. The van der Waals surface area contributed by atoms with Crippen LogP contribution in [-0.4, -0.2) is 37.3 Å². The van der Waals surface area contributed by atoms with Gasteiger partial charge in [0.1, 0.15) is 4.90 Å². The molecule has 1 saturated heterocycles. The topological polar surface area (TPSA) is 83.8 Å². The van der Waals surface area contributed by atoms with Gasteiger partial charge in [-0.1, -0.05) is 0 Å². The third kappa shape index (κ3) is 3.00. The van der Waals surface area contributed by atoms with E-state index in [-0.39, 0.29) is 10.6 Å². The zero-order valence-corrected chi connectivity index (χ0v) is 15.8. The van der Waals surface area contributed by atoms with Crippen molar-refractivity contribution in [3.8, 4) is 0 Å². The number of benzene rings is 1. The summed E-state index contributed by atoms with van der Waals surface area (Å²) < 4.78 is 27.7. The molecule has 4 rings (SSSR count). The van der Waals surface area contributed by atoms with Crippen molar-refractivity contribution in [3.05, 3.63) is 50.2 Å². The van der Waals surface area contributed by atoms with Crippen molar-refractivity contribution in [2.75, 3.05) is 24.5 Å². The predicted molar refractivity (Wildman–Crippen MR) is 100 cm³/mol. The highest BCUT2D eigenvalue weighted by atomic mass is 32.2. The van der Waals surface area contributed by atoms with Crippen LogP contribution in [0.25, 0.3) is 0 Å².